The number of rotatable bonds is 5. The lowest BCUT2D eigenvalue weighted by molar-refractivity contribution is -0.309. The van der Waals surface area contributed by atoms with Gasteiger partial charge in [-0.3, -0.25) is 9.59 Å². The number of ether oxygens (including phenoxy) is 1. The average molecular weight is 449 g/mol. The highest BCUT2D eigenvalue weighted by molar-refractivity contribution is 5.78. The minimum atomic E-state index is -4.50. The van der Waals surface area contributed by atoms with Crippen molar-refractivity contribution in [1.82, 2.24) is 9.47 Å². The number of hydrogen-bond donors (Lipinski definition) is 0. The molecule has 0 N–H and O–H groups in total. The second-order valence-electron chi connectivity index (χ2n) is 8.13. The molecule has 32 heavy (non-hydrogen) atoms. The molecule has 170 valence electrons. The zero-order chi connectivity index (χ0) is 23.0. The van der Waals surface area contributed by atoms with Gasteiger partial charge < -0.3 is 24.1 Å². The van der Waals surface area contributed by atoms with Crippen LogP contribution in [0.25, 0.3) is 11.1 Å². The van der Waals surface area contributed by atoms with Gasteiger partial charge in [-0.2, -0.15) is 13.2 Å². The Hall–Kier alpha value is -3.14. The van der Waals surface area contributed by atoms with E-state index in [2.05, 4.69) is 0 Å². The minimum absolute atomic E-state index is 0.000741. The van der Waals surface area contributed by atoms with Crippen molar-refractivity contribution in [2.45, 2.75) is 25.1 Å². The topological polar surface area (TPSA) is 91.7 Å². The van der Waals surface area contributed by atoms with Gasteiger partial charge in [0, 0.05) is 36.8 Å². The van der Waals surface area contributed by atoms with Crippen LogP contribution in [0.15, 0.2) is 41.2 Å². The number of aromatic nitrogens is 1. The SMILES string of the molecule is O=C([O-])COCC(=O)N1C[C@@H]2C[C@H](C1)c1ccc(-c3cccc(C(F)(F)F)c3)c(=O)n1C2. The molecule has 2 aliphatic heterocycles. The van der Waals surface area contributed by atoms with E-state index in [1.54, 1.807) is 15.5 Å². The number of nitrogens with zero attached hydrogens (tertiary/aromatic N) is 2. The number of benzene rings is 1. The van der Waals surface area contributed by atoms with E-state index in [1.807, 2.05) is 0 Å². The van der Waals surface area contributed by atoms with Crippen LogP contribution < -0.4 is 10.7 Å². The summed E-state index contributed by atoms with van der Waals surface area (Å²) in [7, 11) is 0. The highest BCUT2D eigenvalue weighted by Crippen LogP contribution is 2.36. The molecule has 0 spiro atoms. The summed E-state index contributed by atoms with van der Waals surface area (Å²) in [5.41, 5.74) is -0.0334. The standard InChI is InChI=1S/C22H21F3N2O5/c23-22(24,25)16-3-1-2-14(7-16)17-4-5-18-15-6-13(9-27(18)21(17)31)8-26(10-15)19(28)11-32-12-20(29)30/h1-5,7,13,15H,6,8-12H2,(H,29,30)/p-1/t13-,15+/m0/s1. The molecule has 1 aromatic carbocycles. The monoisotopic (exact) mass is 449 g/mol. The molecule has 2 bridgehead atoms. The predicted molar refractivity (Wildman–Crippen MR) is 104 cm³/mol. The molecule has 1 fully saturated rings. The molecule has 7 nitrogen and oxygen atoms in total. The van der Waals surface area contributed by atoms with Gasteiger partial charge in [-0.05, 0) is 42.2 Å². The van der Waals surface area contributed by atoms with Crippen LogP contribution in [0.1, 0.15) is 23.6 Å². The molecular weight excluding hydrogens is 429 g/mol. The van der Waals surface area contributed by atoms with Crippen LogP contribution in [0.4, 0.5) is 13.2 Å². The molecule has 1 saturated heterocycles. The van der Waals surface area contributed by atoms with Gasteiger partial charge in [0.2, 0.25) is 5.91 Å². The Kier molecular flexibility index (Phi) is 5.81. The molecule has 4 rings (SSSR count). The predicted octanol–water partition coefficient (Wildman–Crippen LogP) is 1.25. The fraction of sp³-hybridized carbons (Fsp3) is 0.409. The molecular formula is C22H20F3N2O5-. The first-order valence-electron chi connectivity index (χ1n) is 10.1. The fourth-order valence-electron chi connectivity index (χ4n) is 4.55. The molecule has 10 heteroatoms. The Morgan fingerprint density at radius 3 is 2.59 bits per heavy atom. The van der Waals surface area contributed by atoms with E-state index in [0.717, 1.165) is 24.2 Å². The van der Waals surface area contributed by atoms with Crippen LogP contribution in [0.5, 0.6) is 0 Å². The molecule has 0 aliphatic carbocycles. The zero-order valence-electron chi connectivity index (χ0n) is 16.9. The molecule has 2 aromatic rings. The number of aliphatic carboxylic acids is 1. The Bertz CT molecular complexity index is 1110. The summed E-state index contributed by atoms with van der Waals surface area (Å²) in [5.74, 6) is -1.84. The lowest BCUT2D eigenvalue weighted by atomic mass is 9.82. The van der Waals surface area contributed by atoms with Crippen LogP contribution in [0, 0.1) is 5.92 Å². The van der Waals surface area contributed by atoms with Crippen molar-refractivity contribution in [2.75, 3.05) is 26.3 Å². The summed E-state index contributed by atoms with van der Waals surface area (Å²) in [4.78, 5) is 37.5. The molecule has 0 unspecified atom stereocenters. The molecule has 2 atom stereocenters. The number of halogens is 3. The van der Waals surface area contributed by atoms with Gasteiger partial charge in [0.1, 0.15) is 6.61 Å². The van der Waals surface area contributed by atoms with Crippen molar-refractivity contribution in [2.24, 2.45) is 5.92 Å². The first-order valence-corrected chi connectivity index (χ1v) is 10.1. The lowest BCUT2D eigenvalue weighted by Crippen LogP contribution is -2.50. The lowest BCUT2D eigenvalue weighted by Gasteiger charge is -2.43. The number of pyridine rings is 1. The summed E-state index contributed by atoms with van der Waals surface area (Å²) in [6, 6.07) is 7.97. The number of likely N-dealkylation sites (tertiary alicyclic amines) is 1. The van der Waals surface area contributed by atoms with Crippen molar-refractivity contribution in [3.8, 4) is 11.1 Å². The van der Waals surface area contributed by atoms with E-state index < -0.39 is 24.3 Å². The van der Waals surface area contributed by atoms with Crippen molar-refractivity contribution < 1.29 is 32.6 Å². The maximum absolute atomic E-state index is 13.1. The van der Waals surface area contributed by atoms with Gasteiger partial charge in [-0.1, -0.05) is 12.1 Å². The number of carbonyl (C=O) groups is 2. The van der Waals surface area contributed by atoms with Gasteiger partial charge in [-0.15, -0.1) is 0 Å². The molecule has 0 radical (unpaired) electrons. The van der Waals surface area contributed by atoms with Crippen LogP contribution in [-0.2, 0) is 27.0 Å². The Balaban J connectivity index is 1.57. The molecule has 1 aromatic heterocycles. The number of alkyl halides is 3. The smallest absolute Gasteiger partial charge is 0.416 e. The molecule has 3 heterocycles. The van der Waals surface area contributed by atoms with Gasteiger partial charge in [0.05, 0.1) is 18.1 Å². The Morgan fingerprint density at radius 1 is 1.09 bits per heavy atom. The molecule has 2 aliphatic rings. The highest BCUT2D eigenvalue weighted by atomic mass is 19.4. The van der Waals surface area contributed by atoms with E-state index in [0.29, 0.717) is 19.6 Å². The minimum Gasteiger partial charge on any atom is -0.548 e. The fourth-order valence-corrected chi connectivity index (χ4v) is 4.55. The number of hydrogen-bond acceptors (Lipinski definition) is 5. The van der Waals surface area contributed by atoms with Crippen LogP contribution >= 0.6 is 0 Å². The third-order valence-corrected chi connectivity index (χ3v) is 5.90. The zero-order valence-corrected chi connectivity index (χ0v) is 16.9. The summed E-state index contributed by atoms with van der Waals surface area (Å²) < 4.78 is 45.7. The number of carboxylic acids is 1. The van der Waals surface area contributed by atoms with Crippen molar-refractivity contribution in [1.29, 1.82) is 0 Å². The van der Waals surface area contributed by atoms with Gasteiger partial charge >= 0.3 is 6.18 Å². The van der Waals surface area contributed by atoms with Gasteiger partial charge in [0.25, 0.3) is 5.56 Å². The normalized spacial score (nSPS) is 20.0. The van der Waals surface area contributed by atoms with Crippen LogP contribution in [0.2, 0.25) is 0 Å². The molecule has 0 saturated carbocycles. The summed E-state index contributed by atoms with van der Waals surface area (Å²) in [6.07, 6.45) is -3.72. The number of fused-ring (bicyclic) bond motifs is 4. The Labute approximate surface area is 181 Å². The van der Waals surface area contributed by atoms with E-state index in [-0.39, 0.29) is 41.0 Å². The van der Waals surface area contributed by atoms with E-state index in [1.165, 1.54) is 18.2 Å². The summed E-state index contributed by atoms with van der Waals surface area (Å²) in [6.45, 7) is 0.0644. The number of carbonyl (C=O) groups excluding carboxylic acids is 2. The first-order chi connectivity index (χ1) is 15.1. The average Bonchev–Trinajstić information content (AvgIpc) is 2.73. The van der Waals surface area contributed by atoms with Gasteiger partial charge in [0.15, 0.2) is 0 Å². The quantitative estimate of drug-likeness (QED) is 0.685. The van der Waals surface area contributed by atoms with Crippen LogP contribution in [-0.4, -0.2) is 47.6 Å². The Morgan fingerprint density at radius 2 is 1.88 bits per heavy atom. The van der Waals surface area contributed by atoms with E-state index in [4.69, 9.17) is 4.74 Å². The molecule has 1 amide bonds. The third kappa shape index (κ3) is 4.40. The number of piperidine rings is 1. The third-order valence-electron chi connectivity index (χ3n) is 5.90. The highest BCUT2D eigenvalue weighted by Gasteiger charge is 2.37. The second-order valence-corrected chi connectivity index (χ2v) is 8.13. The maximum atomic E-state index is 13.1. The maximum Gasteiger partial charge on any atom is 0.416 e. The van der Waals surface area contributed by atoms with E-state index >= 15 is 0 Å². The van der Waals surface area contributed by atoms with Crippen molar-refractivity contribution in [3.63, 3.8) is 0 Å². The van der Waals surface area contributed by atoms with Gasteiger partial charge in [-0.25, -0.2) is 0 Å². The van der Waals surface area contributed by atoms with Crippen molar-refractivity contribution in [3.05, 3.63) is 58.0 Å². The van der Waals surface area contributed by atoms with E-state index in [9.17, 15) is 32.7 Å². The first kappa shape index (κ1) is 22.1. The second kappa shape index (κ2) is 8.42. The number of amides is 1. The number of carboxylic acid groups (broad SMARTS) is 1. The summed E-state index contributed by atoms with van der Waals surface area (Å²) in [5, 5.41) is 10.4. The van der Waals surface area contributed by atoms with Crippen molar-refractivity contribution >= 4 is 11.9 Å². The summed E-state index contributed by atoms with van der Waals surface area (Å²) >= 11 is 0. The largest absolute Gasteiger partial charge is 0.548 e. The van der Waals surface area contributed by atoms with Crippen LogP contribution in [0.3, 0.4) is 0 Å².